The summed E-state index contributed by atoms with van der Waals surface area (Å²) in [6, 6.07) is 5.73. The summed E-state index contributed by atoms with van der Waals surface area (Å²) in [4.78, 5) is 6.51. The molecule has 0 amide bonds. The van der Waals surface area contributed by atoms with Crippen LogP contribution in [-0.2, 0) is 4.74 Å². The predicted octanol–water partition coefficient (Wildman–Crippen LogP) is 2.05. The van der Waals surface area contributed by atoms with Crippen LogP contribution in [0.3, 0.4) is 0 Å². The van der Waals surface area contributed by atoms with Crippen LogP contribution in [-0.4, -0.2) is 72.0 Å². The number of nitrogens with one attached hydrogen (secondary N) is 2. The van der Waals surface area contributed by atoms with Gasteiger partial charge >= 0.3 is 0 Å². The number of anilines is 1. The maximum atomic E-state index is 5.60. The van der Waals surface area contributed by atoms with Crippen molar-refractivity contribution in [2.24, 2.45) is 4.99 Å². The van der Waals surface area contributed by atoms with E-state index in [1.165, 1.54) is 0 Å². The highest BCUT2D eigenvalue weighted by atomic mass is 16.5. The highest BCUT2D eigenvalue weighted by molar-refractivity contribution is 5.93. The molecule has 142 valence electrons. The molecule has 0 bridgehead atoms. The van der Waals surface area contributed by atoms with Gasteiger partial charge in [-0.2, -0.15) is 0 Å². The van der Waals surface area contributed by atoms with Crippen LogP contribution in [0.15, 0.2) is 23.2 Å². The second-order valence-corrected chi connectivity index (χ2v) is 5.57. The Kier molecular flexibility index (Phi) is 10.4. The van der Waals surface area contributed by atoms with Gasteiger partial charge in [0.05, 0.1) is 20.3 Å². The average molecular weight is 352 g/mol. The lowest BCUT2D eigenvalue weighted by Gasteiger charge is -2.17. The molecule has 0 radical (unpaired) electrons. The standard InChI is InChI=1S/C18H32N4O3/c1-6-25-17-14-15(8-9-16(17)24-5)21-18(19-2)20-10-7-11-22(3)12-13-23-4/h8-9,14H,6-7,10-13H2,1-5H3,(H2,19,20,21). The molecule has 0 atom stereocenters. The molecule has 0 saturated heterocycles. The first-order valence-corrected chi connectivity index (χ1v) is 8.60. The molecule has 0 aliphatic heterocycles. The van der Waals surface area contributed by atoms with Crippen LogP contribution in [0.5, 0.6) is 11.5 Å². The van der Waals surface area contributed by atoms with Crippen molar-refractivity contribution in [3.8, 4) is 11.5 Å². The van der Waals surface area contributed by atoms with E-state index in [2.05, 4.69) is 27.6 Å². The molecule has 0 aromatic heterocycles. The van der Waals surface area contributed by atoms with Gasteiger partial charge in [-0.15, -0.1) is 0 Å². The van der Waals surface area contributed by atoms with Gasteiger partial charge in [-0.3, -0.25) is 4.99 Å². The lowest BCUT2D eigenvalue weighted by Crippen LogP contribution is -2.33. The Morgan fingerprint density at radius 1 is 1.20 bits per heavy atom. The zero-order chi connectivity index (χ0) is 18.5. The van der Waals surface area contributed by atoms with Crippen LogP contribution in [0.4, 0.5) is 5.69 Å². The van der Waals surface area contributed by atoms with Gasteiger partial charge in [0.15, 0.2) is 17.5 Å². The number of hydrogen-bond acceptors (Lipinski definition) is 5. The normalized spacial score (nSPS) is 11.5. The molecule has 0 fully saturated rings. The summed E-state index contributed by atoms with van der Waals surface area (Å²) in [5.74, 6) is 2.16. The average Bonchev–Trinajstić information content (AvgIpc) is 2.63. The number of ether oxygens (including phenoxy) is 3. The van der Waals surface area contributed by atoms with Crippen LogP contribution in [0.25, 0.3) is 0 Å². The van der Waals surface area contributed by atoms with Crippen LogP contribution < -0.4 is 20.1 Å². The Morgan fingerprint density at radius 2 is 2.00 bits per heavy atom. The highest BCUT2D eigenvalue weighted by Crippen LogP contribution is 2.30. The molecule has 2 N–H and O–H groups in total. The first-order valence-electron chi connectivity index (χ1n) is 8.60. The zero-order valence-electron chi connectivity index (χ0n) is 16.1. The molecule has 1 rings (SSSR count). The topological polar surface area (TPSA) is 67.4 Å². The van der Waals surface area contributed by atoms with E-state index in [1.807, 2.05) is 25.1 Å². The Balaban J connectivity index is 2.47. The van der Waals surface area contributed by atoms with Gasteiger partial charge in [-0.1, -0.05) is 0 Å². The minimum atomic E-state index is 0.587. The Labute approximate surface area is 151 Å². The van der Waals surface area contributed by atoms with Gasteiger partial charge < -0.3 is 29.7 Å². The molecule has 0 spiro atoms. The molecule has 0 aliphatic rings. The number of rotatable bonds is 11. The molecule has 0 unspecified atom stereocenters. The summed E-state index contributed by atoms with van der Waals surface area (Å²) < 4.78 is 16.0. The van der Waals surface area contributed by atoms with Crippen molar-refractivity contribution in [2.45, 2.75) is 13.3 Å². The van der Waals surface area contributed by atoms with Gasteiger partial charge in [0.25, 0.3) is 0 Å². The van der Waals surface area contributed by atoms with Crippen LogP contribution in [0.2, 0.25) is 0 Å². The van der Waals surface area contributed by atoms with Gasteiger partial charge in [0, 0.05) is 39.0 Å². The minimum Gasteiger partial charge on any atom is -0.493 e. The second-order valence-electron chi connectivity index (χ2n) is 5.57. The first kappa shape index (κ1) is 21.1. The Morgan fingerprint density at radius 3 is 2.64 bits per heavy atom. The molecule has 7 nitrogen and oxygen atoms in total. The molecule has 25 heavy (non-hydrogen) atoms. The van der Waals surface area contributed by atoms with Crippen molar-refractivity contribution in [3.05, 3.63) is 18.2 Å². The first-order chi connectivity index (χ1) is 12.1. The van der Waals surface area contributed by atoms with Crippen molar-refractivity contribution in [1.29, 1.82) is 0 Å². The van der Waals surface area contributed by atoms with Gasteiger partial charge in [-0.25, -0.2) is 0 Å². The lowest BCUT2D eigenvalue weighted by molar-refractivity contribution is 0.161. The van der Waals surface area contributed by atoms with E-state index in [-0.39, 0.29) is 0 Å². The molecule has 0 heterocycles. The fourth-order valence-electron chi connectivity index (χ4n) is 2.25. The van der Waals surface area contributed by atoms with Crippen LogP contribution in [0.1, 0.15) is 13.3 Å². The maximum absolute atomic E-state index is 5.60. The number of methoxy groups -OCH3 is 2. The Hall–Kier alpha value is -1.99. The molecule has 1 aromatic carbocycles. The van der Waals surface area contributed by atoms with E-state index < -0.39 is 0 Å². The molecular formula is C18H32N4O3. The van der Waals surface area contributed by atoms with Crippen molar-refractivity contribution in [3.63, 3.8) is 0 Å². The number of nitrogens with zero attached hydrogens (tertiary/aromatic N) is 2. The number of aliphatic imine (C=N–C) groups is 1. The molecular weight excluding hydrogens is 320 g/mol. The smallest absolute Gasteiger partial charge is 0.195 e. The number of hydrogen-bond donors (Lipinski definition) is 2. The van der Waals surface area contributed by atoms with Crippen LogP contribution in [0, 0.1) is 0 Å². The molecule has 0 saturated carbocycles. The summed E-state index contributed by atoms with van der Waals surface area (Å²) in [7, 11) is 7.21. The van der Waals surface area contributed by atoms with E-state index in [4.69, 9.17) is 14.2 Å². The Bertz CT molecular complexity index is 523. The number of guanidine groups is 1. The van der Waals surface area contributed by atoms with E-state index in [1.54, 1.807) is 21.3 Å². The number of benzene rings is 1. The summed E-state index contributed by atoms with van der Waals surface area (Å²) in [6.07, 6.45) is 1.02. The van der Waals surface area contributed by atoms with E-state index in [9.17, 15) is 0 Å². The fraction of sp³-hybridized carbons (Fsp3) is 0.611. The van der Waals surface area contributed by atoms with Crippen molar-refractivity contribution in [2.75, 3.05) is 66.5 Å². The second kappa shape index (κ2) is 12.4. The highest BCUT2D eigenvalue weighted by Gasteiger charge is 2.07. The molecule has 7 heteroatoms. The summed E-state index contributed by atoms with van der Waals surface area (Å²) in [5, 5.41) is 6.59. The van der Waals surface area contributed by atoms with Crippen LogP contribution >= 0.6 is 0 Å². The molecule has 1 aromatic rings. The largest absolute Gasteiger partial charge is 0.493 e. The summed E-state index contributed by atoms with van der Waals surface area (Å²) >= 11 is 0. The zero-order valence-corrected chi connectivity index (χ0v) is 16.1. The predicted molar refractivity (Wildman–Crippen MR) is 103 cm³/mol. The SMILES string of the molecule is CCOc1cc(NC(=NC)NCCCN(C)CCOC)ccc1OC. The van der Waals surface area contributed by atoms with Gasteiger partial charge in [-0.05, 0) is 39.1 Å². The van der Waals surface area contributed by atoms with E-state index in [0.29, 0.717) is 12.4 Å². The summed E-state index contributed by atoms with van der Waals surface area (Å²) in [5.41, 5.74) is 0.898. The van der Waals surface area contributed by atoms with Crippen molar-refractivity contribution >= 4 is 11.6 Å². The fourth-order valence-corrected chi connectivity index (χ4v) is 2.25. The number of likely N-dealkylation sites (N-methyl/N-ethyl adjacent to an activating group) is 1. The maximum Gasteiger partial charge on any atom is 0.195 e. The third-order valence-corrected chi connectivity index (χ3v) is 3.64. The quantitative estimate of drug-likeness (QED) is 0.361. The van der Waals surface area contributed by atoms with Gasteiger partial charge in [0.2, 0.25) is 0 Å². The monoisotopic (exact) mass is 352 g/mol. The minimum absolute atomic E-state index is 0.587. The van der Waals surface area contributed by atoms with Gasteiger partial charge in [0.1, 0.15) is 0 Å². The van der Waals surface area contributed by atoms with Crippen molar-refractivity contribution in [1.82, 2.24) is 10.2 Å². The third-order valence-electron chi connectivity index (χ3n) is 3.64. The summed E-state index contributed by atoms with van der Waals surface area (Å²) in [6.45, 7) is 6.07. The molecule has 0 aliphatic carbocycles. The lowest BCUT2D eigenvalue weighted by atomic mass is 10.2. The van der Waals surface area contributed by atoms with E-state index >= 15 is 0 Å². The third kappa shape index (κ3) is 8.09. The van der Waals surface area contributed by atoms with Crippen molar-refractivity contribution < 1.29 is 14.2 Å². The van der Waals surface area contributed by atoms with E-state index in [0.717, 1.165) is 50.1 Å².